The van der Waals surface area contributed by atoms with Gasteiger partial charge in [0.05, 0.1) is 11.6 Å². The molecule has 0 saturated heterocycles. The van der Waals surface area contributed by atoms with Gasteiger partial charge in [-0.25, -0.2) is 4.79 Å². The van der Waals surface area contributed by atoms with E-state index in [2.05, 4.69) is 10.6 Å². The summed E-state index contributed by atoms with van der Waals surface area (Å²) in [6.45, 7) is 8.11. The molecule has 1 rings (SSSR count). The van der Waals surface area contributed by atoms with Gasteiger partial charge in [0.15, 0.2) is 0 Å². The van der Waals surface area contributed by atoms with Crippen molar-refractivity contribution >= 4 is 12.0 Å². The summed E-state index contributed by atoms with van der Waals surface area (Å²) in [6, 6.07) is 3.62. The molecule has 2 N–H and O–H groups in total. The number of halogens is 3. The van der Waals surface area contributed by atoms with Gasteiger partial charge in [0, 0.05) is 13.0 Å². The second kappa shape index (κ2) is 8.42. The van der Waals surface area contributed by atoms with Gasteiger partial charge in [-0.2, -0.15) is 13.2 Å². The smallest absolute Gasteiger partial charge is 0.416 e. The summed E-state index contributed by atoms with van der Waals surface area (Å²) < 4.78 is 44.1. The maximum absolute atomic E-state index is 13.0. The van der Waals surface area contributed by atoms with Crippen LogP contribution in [0.5, 0.6) is 0 Å². The molecule has 2 atom stereocenters. The average Bonchev–Trinajstić information content (AvgIpc) is 2.43. The largest absolute Gasteiger partial charge is 0.444 e. The van der Waals surface area contributed by atoms with E-state index in [1.807, 2.05) is 0 Å². The molecule has 5 nitrogen and oxygen atoms in total. The predicted octanol–water partition coefficient (Wildman–Crippen LogP) is 4.19. The second-order valence-corrected chi connectivity index (χ2v) is 7.16. The molecule has 2 unspecified atom stereocenters. The lowest BCUT2D eigenvalue weighted by molar-refractivity contribution is -0.137. The highest BCUT2D eigenvalue weighted by Gasteiger charge is 2.31. The summed E-state index contributed by atoms with van der Waals surface area (Å²) in [5.74, 6) is -0.266. The van der Waals surface area contributed by atoms with Crippen LogP contribution >= 0.6 is 0 Å². The van der Waals surface area contributed by atoms with E-state index in [-0.39, 0.29) is 23.9 Å². The van der Waals surface area contributed by atoms with Gasteiger partial charge in [-0.05, 0) is 51.8 Å². The number of hydrogen-bond acceptors (Lipinski definition) is 3. The zero-order valence-electron chi connectivity index (χ0n) is 15.5. The van der Waals surface area contributed by atoms with Gasteiger partial charge in [0.2, 0.25) is 5.91 Å². The molecule has 0 fully saturated rings. The Bertz CT molecular complexity index is 639. The van der Waals surface area contributed by atoms with Crippen molar-refractivity contribution in [2.45, 2.75) is 64.9 Å². The Kier molecular flexibility index (Phi) is 7.06. The van der Waals surface area contributed by atoms with Crippen molar-refractivity contribution in [2.24, 2.45) is 0 Å². The van der Waals surface area contributed by atoms with Crippen LogP contribution in [0.4, 0.5) is 18.0 Å². The van der Waals surface area contributed by atoms with Crippen molar-refractivity contribution in [3.05, 3.63) is 35.4 Å². The maximum atomic E-state index is 13.0. The van der Waals surface area contributed by atoms with Crippen LogP contribution in [-0.2, 0) is 15.7 Å². The zero-order valence-corrected chi connectivity index (χ0v) is 15.5. The van der Waals surface area contributed by atoms with E-state index in [1.54, 1.807) is 27.7 Å². The molecular formula is C18H25F3N2O3. The first-order valence-corrected chi connectivity index (χ1v) is 8.21. The normalized spacial score (nSPS) is 14.3. The first kappa shape index (κ1) is 21.8. The molecule has 0 aromatic heterocycles. The van der Waals surface area contributed by atoms with Crippen LogP contribution in [0.1, 0.15) is 58.2 Å². The van der Waals surface area contributed by atoms with E-state index in [0.29, 0.717) is 0 Å². The number of hydrogen-bond donors (Lipinski definition) is 2. The molecule has 0 aliphatic heterocycles. The summed E-state index contributed by atoms with van der Waals surface area (Å²) in [4.78, 5) is 23.3. The molecule has 0 radical (unpaired) electrons. The number of carbonyl (C=O) groups excluding carboxylic acids is 2. The molecule has 0 aliphatic rings. The quantitative estimate of drug-likeness (QED) is 0.812. The summed E-state index contributed by atoms with van der Waals surface area (Å²) in [7, 11) is 0. The average molecular weight is 374 g/mol. The fourth-order valence-electron chi connectivity index (χ4n) is 2.42. The highest BCUT2D eigenvalue weighted by atomic mass is 19.4. The van der Waals surface area contributed by atoms with Crippen LogP contribution in [0, 0.1) is 0 Å². The Morgan fingerprint density at radius 3 is 2.27 bits per heavy atom. The fraction of sp³-hybridized carbons (Fsp3) is 0.556. The number of nitrogens with one attached hydrogen (secondary N) is 2. The van der Waals surface area contributed by atoms with Crippen molar-refractivity contribution in [1.29, 1.82) is 0 Å². The molecule has 2 amide bonds. The highest BCUT2D eigenvalue weighted by Crippen LogP contribution is 2.31. The van der Waals surface area contributed by atoms with Crippen molar-refractivity contribution < 1.29 is 27.5 Å². The van der Waals surface area contributed by atoms with E-state index in [4.69, 9.17) is 4.74 Å². The van der Waals surface area contributed by atoms with Crippen molar-refractivity contribution in [2.75, 3.05) is 0 Å². The summed E-state index contributed by atoms with van der Waals surface area (Å²) in [6.07, 6.45) is -5.02. The van der Waals surface area contributed by atoms with E-state index >= 15 is 0 Å². The molecule has 146 valence electrons. The monoisotopic (exact) mass is 374 g/mol. The third-order valence-corrected chi connectivity index (χ3v) is 3.35. The lowest BCUT2D eigenvalue weighted by Crippen LogP contribution is -2.39. The summed E-state index contributed by atoms with van der Waals surface area (Å²) in [5, 5.41) is 5.25. The zero-order chi connectivity index (χ0) is 20.1. The Morgan fingerprint density at radius 1 is 1.15 bits per heavy atom. The lowest BCUT2D eigenvalue weighted by Gasteiger charge is -2.26. The van der Waals surface area contributed by atoms with Gasteiger partial charge in [-0.15, -0.1) is 0 Å². The predicted molar refractivity (Wildman–Crippen MR) is 91.5 cm³/mol. The highest BCUT2D eigenvalue weighted by molar-refractivity contribution is 5.73. The number of rotatable bonds is 5. The Balaban J connectivity index is 3.07. The van der Waals surface area contributed by atoms with Crippen LogP contribution < -0.4 is 10.6 Å². The van der Waals surface area contributed by atoms with Gasteiger partial charge in [0.25, 0.3) is 0 Å². The molecule has 1 aromatic carbocycles. The maximum Gasteiger partial charge on any atom is 0.416 e. The minimum absolute atomic E-state index is 0.208. The molecule has 0 aliphatic carbocycles. The van der Waals surface area contributed by atoms with Crippen LogP contribution in [0.2, 0.25) is 0 Å². The Morgan fingerprint density at radius 2 is 1.77 bits per heavy atom. The van der Waals surface area contributed by atoms with Crippen molar-refractivity contribution in [1.82, 2.24) is 10.6 Å². The Hall–Kier alpha value is -2.25. The molecule has 1 aromatic rings. The molecule has 0 bridgehead atoms. The molecule has 0 heterocycles. The number of ether oxygens (including phenoxy) is 1. The molecule has 0 saturated carbocycles. The first-order valence-electron chi connectivity index (χ1n) is 8.21. The van der Waals surface area contributed by atoms with Crippen LogP contribution in [0.3, 0.4) is 0 Å². The molecular weight excluding hydrogens is 349 g/mol. The van der Waals surface area contributed by atoms with Gasteiger partial charge in [-0.1, -0.05) is 12.1 Å². The SMILES string of the molecule is CC(=O)NC(C)CC(NC(=O)OC(C)(C)C)c1cccc(C(F)(F)F)c1. The van der Waals surface area contributed by atoms with E-state index in [9.17, 15) is 22.8 Å². The molecule has 8 heteroatoms. The van der Waals surface area contributed by atoms with Crippen molar-refractivity contribution in [3.8, 4) is 0 Å². The third-order valence-electron chi connectivity index (χ3n) is 3.35. The van der Waals surface area contributed by atoms with Gasteiger partial charge >= 0.3 is 12.3 Å². The van der Waals surface area contributed by atoms with E-state index in [0.717, 1.165) is 12.1 Å². The minimum atomic E-state index is -4.49. The van der Waals surface area contributed by atoms with Gasteiger partial charge in [-0.3, -0.25) is 4.79 Å². The first-order chi connectivity index (χ1) is 11.8. The number of carbonyl (C=O) groups is 2. The summed E-state index contributed by atoms with van der Waals surface area (Å²) >= 11 is 0. The molecule has 0 spiro atoms. The summed E-state index contributed by atoms with van der Waals surface area (Å²) in [5.41, 5.74) is -1.27. The topological polar surface area (TPSA) is 67.4 Å². The number of alkyl carbamates (subject to hydrolysis) is 1. The lowest BCUT2D eigenvalue weighted by atomic mass is 9.98. The number of benzene rings is 1. The second-order valence-electron chi connectivity index (χ2n) is 7.16. The van der Waals surface area contributed by atoms with Gasteiger partial charge in [0.1, 0.15) is 5.60 Å². The van der Waals surface area contributed by atoms with Crippen molar-refractivity contribution in [3.63, 3.8) is 0 Å². The van der Waals surface area contributed by atoms with E-state index in [1.165, 1.54) is 19.1 Å². The fourth-order valence-corrected chi connectivity index (χ4v) is 2.42. The van der Waals surface area contributed by atoms with Crippen LogP contribution in [0.15, 0.2) is 24.3 Å². The third kappa shape index (κ3) is 7.76. The standard InChI is InChI=1S/C18H25F3N2O3/c1-11(22-12(2)24)9-15(23-16(25)26-17(3,4)5)13-7-6-8-14(10-13)18(19,20)21/h6-8,10-11,15H,9H2,1-5H3,(H,22,24)(H,23,25). The van der Waals surface area contributed by atoms with E-state index < -0.39 is 29.5 Å². The number of amides is 2. The molecule has 26 heavy (non-hydrogen) atoms. The van der Waals surface area contributed by atoms with Crippen LogP contribution in [-0.4, -0.2) is 23.6 Å². The van der Waals surface area contributed by atoms with Gasteiger partial charge < -0.3 is 15.4 Å². The number of alkyl halides is 3. The Labute approximate surface area is 151 Å². The minimum Gasteiger partial charge on any atom is -0.444 e. The van der Waals surface area contributed by atoms with Crippen LogP contribution in [0.25, 0.3) is 0 Å².